The summed E-state index contributed by atoms with van der Waals surface area (Å²) in [4.78, 5) is 34.1. The Morgan fingerprint density at radius 1 is 0.800 bits per heavy atom. The normalized spacial score (nSPS) is 10.7. The SMILES string of the molecule is O=[N+]([O-])CCC([N+](=O)[O-])([N+](=O)[O-])[N+](=O)[O-]. The number of rotatable bonds is 6. The first kappa shape index (κ1) is 12.6. The molecule has 0 saturated carbocycles. The van der Waals surface area contributed by atoms with Gasteiger partial charge in [-0.3, -0.25) is 40.5 Å². The zero-order valence-corrected chi connectivity index (χ0v) is 6.97. The van der Waals surface area contributed by atoms with Crippen molar-refractivity contribution in [3.63, 3.8) is 0 Å². The van der Waals surface area contributed by atoms with Gasteiger partial charge in [-0.25, -0.2) is 0 Å². The van der Waals surface area contributed by atoms with Crippen molar-refractivity contribution in [2.75, 3.05) is 6.54 Å². The zero-order chi connectivity index (χ0) is 12.2. The lowest BCUT2D eigenvalue weighted by Crippen LogP contribution is -2.54. The smallest absolute Gasteiger partial charge is 0.265 e. The van der Waals surface area contributed by atoms with Crippen molar-refractivity contribution in [1.82, 2.24) is 0 Å². The van der Waals surface area contributed by atoms with Gasteiger partial charge < -0.3 is 0 Å². The van der Waals surface area contributed by atoms with Crippen molar-refractivity contribution in [3.05, 3.63) is 40.5 Å². The van der Waals surface area contributed by atoms with Crippen molar-refractivity contribution in [1.29, 1.82) is 0 Å². The summed E-state index contributed by atoms with van der Waals surface area (Å²) in [7, 11) is 0. The number of nitrogens with zero attached hydrogens (tertiary/aromatic N) is 4. The van der Waals surface area contributed by atoms with Crippen LogP contribution in [0.3, 0.4) is 0 Å². The Morgan fingerprint density at radius 2 is 1.13 bits per heavy atom. The fraction of sp³-hybridized carbons (Fsp3) is 1.00. The van der Waals surface area contributed by atoms with Crippen LogP contribution in [-0.2, 0) is 0 Å². The van der Waals surface area contributed by atoms with Crippen molar-refractivity contribution in [2.24, 2.45) is 0 Å². The van der Waals surface area contributed by atoms with E-state index in [4.69, 9.17) is 0 Å². The molecule has 0 bridgehead atoms. The Kier molecular flexibility index (Phi) is 3.53. The maximum atomic E-state index is 10.2. The average molecular weight is 224 g/mol. The molecular weight excluding hydrogens is 220 g/mol. The summed E-state index contributed by atoms with van der Waals surface area (Å²) >= 11 is 0. The van der Waals surface area contributed by atoms with E-state index in [1.807, 2.05) is 0 Å². The zero-order valence-electron chi connectivity index (χ0n) is 6.97. The summed E-state index contributed by atoms with van der Waals surface area (Å²) in [6.07, 6.45) is -1.41. The molecule has 0 aromatic heterocycles. The van der Waals surface area contributed by atoms with Crippen molar-refractivity contribution >= 4 is 0 Å². The summed E-state index contributed by atoms with van der Waals surface area (Å²) in [5, 5.41) is 40.5. The highest BCUT2D eigenvalue weighted by molar-refractivity contribution is 4.52. The standard InChI is InChI=1S/C3H4N4O8/c8-4(9)2-1-3(5(10)11,6(12)13)7(14)15/h1-2H2. The van der Waals surface area contributed by atoms with Gasteiger partial charge in [0.15, 0.2) is 14.8 Å². The van der Waals surface area contributed by atoms with E-state index in [2.05, 4.69) is 0 Å². The van der Waals surface area contributed by atoms with Crippen molar-refractivity contribution in [3.8, 4) is 0 Å². The van der Waals surface area contributed by atoms with Crippen LogP contribution in [0.25, 0.3) is 0 Å². The third-order valence-electron chi connectivity index (χ3n) is 1.51. The predicted molar refractivity (Wildman–Crippen MR) is 40.2 cm³/mol. The molecule has 0 radical (unpaired) electrons. The Hall–Kier alpha value is -2.40. The lowest BCUT2D eigenvalue weighted by atomic mass is 10.2. The second-order valence-corrected chi connectivity index (χ2v) is 2.35. The Balaban J connectivity index is 5.15. The molecule has 0 atom stereocenters. The topological polar surface area (TPSA) is 173 Å². The van der Waals surface area contributed by atoms with Gasteiger partial charge in [-0.05, 0) is 0 Å². The molecule has 0 N–H and O–H groups in total. The van der Waals surface area contributed by atoms with Crippen LogP contribution in [0.2, 0.25) is 0 Å². The summed E-state index contributed by atoms with van der Waals surface area (Å²) in [6, 6.07) is 0. The molecule has 0 saturated heterocycles. The molecule has 0 aliphatic rings. The Labute approximate surface area is 80.1 Å². The van der Waals surface area contributed by atoms with Crippen molar-refractivity contribution < 1.29 is 19.7 Å². The van der Waals surface area contributed by atoms with E-state index in [1.54, 1.807) is 0 Å². The van der Waals surface area contributed by atoms with Gasteiger partial charge in [0, 0.05) is 4.92 Å². The van der Waals surface area contributed by atoms with Gasteiger partial charge in [0.25, 0.3) is 0 Å². The van der Waals surface area contributed by atoms with Crippen LogP contribution in [0.5, 0.6) is 0 Å². The van der Waals surface area contributed by atoms with E-state index in [1.165, 1.54) is 0 Å². The van der Waals surface area contributed by atoms with E-state index in [9.17, 15) is 40.5 Å². The first-order valence-corrected chi connectivity index (χ1v) is 3.30. The molecule has 12 heteroatoms. The van der Waals surface area contributed by atoms with Gasteiger partial charge in [-0.1, -0.05) is 0 Å². The van der Waals surface area contributed by atoms with Gasteiger partial charge in [0.1, 0.15) is 0 Å². The van der Waals surface area contributed by atoms with Crippen LogP contribution in [0, 0.1) is 40.5 Å². The van der Waals surface area contributed by atoms with Gasteiger partial charge in [0.2, 0.25) is 13.0 Å². The molecule has 0 rings (SSSR count). The Morgan fingerprint density at radius 3 is 1.33 bits per heavy atom. The molecule has 0 spiro atoms. The Bertz CT molecular complexity index is 288. The van der Waals surface area contributed by atoms with Crippen LogP contribution < -0.4 is 0 Å². The van der Waals surface area contributed by atoms with Crippen LogP contribution in [-0.4, -0.2) is 32.0 Å². The van der Waals surface area contributed by atoms with Gasteiger partial charge in [-0.2, -0.15) is 0 Å². The van der Waals surface area contributed by atoms with Crippen LogP contribution in [0.4, 0.5) is 0 Å². The van der Waals surface area contributed by atoms with Crippen LogP contribution >= 0.6 is 0 Å². The monoisotopic (exact) mass is 224 g/mol. The molecule has 84 valence electrons. The third-order valence-corrected chi connectivity index (χ3v) is 1.51. The predicted octanol–water partition coefficient (Wildman–Crippen LogP) is -0.863. The highest BCUT2D eigenvalue weighted by atomic mass is 16.7. The molecule has 0 aliphatic carbocycles. The molecule has 0 aromatic carbocycles. The van der Waals surface area contributed by atoms with Crippen LogP contribution in [0.1, 0.15) is 6.42 Å². The first-order valence-electron chi connectivity index (χ1n) is 3.30. The fourth-order valence-corrected chi connectivity index (χ4v) is 0.715. The maximum absolute atomic E-state index is 10.2. The molecule has 0 aliphatic heterocycles. The molecular formula is C3H4N4O8. The summed E-state index contributed by atoms with van der Waals surface area (Å²) < 4.78 is 0. The second kappa shape index (κ2) is 4.21. The molecule has 0 aromatic rings. The largest absolute Gasteiger partial charge is 0.706 e. The minimum Gasteiger partial charge on any atom is -0.265 e. The van der Waals surface area contributed by atoms with Crippen molar-refractivity contribution in [2.45, 2.75) is 12.2 Å². The van der Waals surface area contributed by atoms with Gasteiger partial charge in [0.05, 0.1) is 0 Å². The summed E-state index contributed by atoms with van der Waals surface area (Å²) in [6.45, 7) is -1.23. The van der Waals surface area contributed by atoms with Gasteiger partial charge in [-0.15, -0.1) is 0 Å². The third kappa shape index (κ3) is 2.29. The van der Waals surface area contributed by atoms with E-state index in [0.29, 0.717) is 0 Å². The summed E-state index contributed by atoms with van der Waals surface area (Å²) in [5.74, 6) is -3.74. The van der Waals surface area contributed by atoms with E-state index >= 15 is 0 Å². The molecule has 12 nitrogen and oxygen atoms in total. The average Bonchev–Trinajstić information content (AvgIpc) is 2.02. The maximum Gasteiger partial charge on any atom is 0.706 e. The molecule has 0 amide bonds. The van der Waals surface area contributed by atoms with Gasteiger partial charge >= 0.3 is 5.79 Å². The quantitative estimate of drug-likeness (QED) is 0.318. The highest BCUT2D eigenvalue weighted by Crippen LogP contribution is 2.16. The molecule has 0 unspecified atom stereocenters. The fourth-order valence-electron chi connectivity index (χ4n) is 0.715. The van der Waals surface area contributed by atoms with E-state index in [0.717, 1.165) is 0 Å². The first-order chi connectivity index (χ1) is 6.75. The molecule has 15 heavy (non-hydrogen) atoms. The molecule has 0 fully saturated rings. The minimum atomic E-state index is -3.74. The van der Waals surface area contributed by atoms with Crippen LogP contribution in [0.15, 0.2) is 0 Å². The number of hydrogen-bond acceptors (Lipinski definition) is 8. The lowest BCUT2D eigenvalue weighted by Gasteiger charge is -2.06. The van der Waals surface area contributed by atoms with E-state index in [-0.39, 0.29) is 0 Å². The highest BCUT2D eigenvalue weighted by Gasteiger charge is 2.70. The minimum absolute atomic E-state index is 1.11. The number of hydrogen-bond donors (Lipinski definition) is 0. The van der Waals surface area contributed by atoms with E-state index < -0.39 is 38.4 Å². The lowest BCUT2D eigenvalue weighted by molar-refractivity contribution is -0.971. The number of nitro groups is 4. The summed E-state index contributed by atoms with van der Waals surface area (Å²) in [5.41, 5.74) is 0. The molecule has 0 heterocycles. The second-order valence-electron chi connectivity index (χ2n) is 2.35.